The third-order valence-electron chi connectivity index (χ3n) is 2.74. The van der Waals surface area contributed by atoms with Crippen LogP contribution in [0, 0.1) is 17.2 Å². The molecule has 0 aliphatic carbocycles. The van der Waals surface area contributed by atoms with Crippen molar-refractivity contribution in [2.75, 3.05) is 11.1 Å². The summed E-state index contributed by atoms with van der Waals surface area (Å²) in [4.78, 5) is 11.8. The molecule has 1 atom stereocenters. The minimum atomic E-state index is -0.103. The maximum Gasteiger partial charge on any atom is 0.171 e. The molecule has 4 nitrogen and oxygen atoms in total. The number of thiophene rings is 1. The van der Waals surface area contributed by atoms with Gasteiger partial charge in [0.1, 0.15) is 16.6 Å². The summed E-state index contributed by atoms with van der Waals surface area (Å²) in [6.45, 7) is 7.67. The largest absolute Gasteiger partial charge is 0.396 e. The van der Waals surface area contributed by atoms with Gasteiger partial charge in [-0.05, 0) is 12.8 Å². The van der Waals surface area contributed by atoms with Crippen LogP contribution in [0.1, 0.15) is 42.9 Å². The quantitative estimate of drug-likeness (QED) is 0.806. The summed E-state index contributed by atoms with van der Waals surface area (Å²) in [7, 11) is 0. The van der Waals surface area contributed by atoms with Crippen molar-refractivity contribution in [1.29, 1.82) is 5.26 Å². The summed E-state index contributed by atoms with van der Waals surface area (Å²) >= 11 is 1.26. The molecule has 1 aromatic heterocycles. The van der Waals surface area contributed by atoms with Crippen molar-refractivity contribution in [3.63, 3.8) is 0 Å². The maximum absolute atomic E-state index is 11.4. The topological polar surface area (TPSA) is 78.9 Å². The van der Waals surface area contributed by atoms with E-state index >= 15 is 0 Å². The van der Waals surface area contributed by atoms with Crippen LogP contribution in [0.25, 0.3) is 0 Å². The van der Waals surface area contributed by atoms with Crippen molar-refractivity contribution in [3.8, 4) is 6.07 Å². The van der Waals surface area contributed by atoms with Gasteiger partial charge >= 0.3 is 0 Å². The molecule has 1 heterocycles. The molecule has 1 aromatic rings. The molecule has 0 spiro atoms. The van der Waals surface area contributed by atoms with Gasteiger partial charge in [-0.2, -0.15) is 5.26 Å². The van der Waals surface area contributed by atoms with Crippen molar-refractivity contribution < 1.29 is 4.79 Å². The first kappa shape index (κ1) is 13.5. The smallest absolute Gasteiger partial charge is 0.171 e. The normalized spacial score (nSPS) is 12.2. The molecular weight excluding hydrogens is 234 g/mol. The van der Waals surface area contributed by atoms with E-state index in [0.717, 1.165) is 0 Å². The number of hydrogen-bond acceptors (Lipinski definition) is 5. The van der Waals surface area contributed by atoms with Gasteiger partial charge in [-0.1, -0.05) is 13.8 Å². The number of hydrogen-bond donors (Lipinski definition) is 2. The second-order valence-corrected chi connectivity index (χ2v) is 5.41. The fraction of sp³-hybridized carbons (Fsp3) is 0.500. The zero-order valence-corrected chi connectivity index (χ0v) is 11.3. The monoisotopic (exact) mass is 251 g/mol. The maximum atomic E-state index is 11.4. The number of nitrogens with one attached hydrogen (secondary N) is 1. The van der Waals surface area contributed by atoms with Gasteiger partial charge in [-0.25, -0.2) is 0 Å². The highest BCUT2D eigenvalue weighted by Gasteiger charge is 2.20. The van der Waals surface area contributed by atoms with Gasteiger partial charge in [0.2, 0.25) is 0 Å². The molecule has 0 aliphatic heterocycles. The summed E-state index contributed by atoms with van der Waals surface area (Å²) < 4.78 is 0. The van der Waals surface area contributed by atoms with E-state index in [9.17, 15) is 4.79 Å². The average molecular weight is 251 g/mol. The number of anilines is 2. The predicted octanol–water partition coefficient (Wildman–Crippen LogP) is 2.86. The molecule has 1 rings (SSSR count). The first-order chi connectivity index (χ1) is 7.88. The zero-order valence-electron chi connectivity index (χ0n) is 10.5. The Morgan fingerprint density at radius 2 is 2.06 bits per heavy atom. The number of carbonyl (C=O) groups excluding carboxylic acids is 1. The zero-order chi connectivity index (χ0) is 13.2. The Hall–Kier alpha value is -1.54. The lowest BCUT2D eigenvalue weighted by atomic mass is 10.1. The molecule has 0 amide bonds. The number of rotatable bonds is 4. The Balaban J connectivity index is 3.13. The highest BCUT2D eigenvalue weighted by Crippen LogP contribution is 2.36. The van der Waals surface area contributed by atoms with E-state index in [4.69, 9.17) is 11.0 Å². The number of nitriles is 1. The van der Waals surface area contributed by atoms with Crippen molar-refractivity contribution >= 4 is 27.8 Å². The van der Waals surface area contributed by atoms with Crippen molar-refractivity contribution in [2.24, 2.45) is 5.92 Å². The Morgan fingerprint density at radius 3 is 2.47 bits per heavy atom. The molecule has 92 valence electrons. The van der Waals surface area contributed by atoms with Crippen LogP contribution in [0.5, 0.6) is 0 Å². The summed E-state index contributed by atoms with van der Waals surface area (Å²) in [5, 5.41) is 13.0. The standard InChI is InChI=1S/C12H17N3OS/c1-6(2)7(3)15-12-9(5-13)10(14)11(17-12)8(4)16/h6-7,15H,14H2,1-4H3. The van der Waals surface area contributed by atoms with Gasteiger partial charge in [0.25, 0.3) is 0 Å². The molecule has 0 aliphatic rings. The van der Waals surface area contributed by atoms with E-state index in [1.807, 2.05) is 6.92 Å². The van der Waals surface area contributed by atoms with Gasteiger partial charge in [-0.3, -0.25) is 4.79 Å². The van der Waals surface area contributed by atoms with Gasteiger partial charge in [0.05, 0.1) is 10.6 Å². The lowest BCUT2D eigenvalue weighted by Crippen LogP contribution is -2.21. The predicted molar refractivity (Wildman–Crippen MR) is 71.4 cm³/mol. The second-order valence-electron chi connectivity index (χ2n) is 4.39. The van der Waals surface area contributed by atoms with Crippen molar-refractivity contribution in [3.05, 3.63) is 10.4 Å². The number of ketones is 1. The third kappa shape index (κ3) is 2.77. The van der Waals surface area contributed by atoms with Crippen LogP contribution in [-0.2, 0) is 0 Å². The third-order valence-corrected chi connectivity index (χ3v) is 3.97. The summed E-state index contributed by atoms with van der Waals surface area (Å²) in [6.07, 6.45) is 0. The Bertz CT molecular complexity index is 471. The molecule has 0 saturated carbocycles. The first-order valence-corrected chi connectivity index (χ1v) is 6.30. The highest BCUT2D eigenvalue weighted by atomic mass is 32.1. The van der Waals surface area contributed by atoms with Crippen LogP contribution >= 0.6 is 11.3 Å². The van der Waals surface area contributed by atoms with Crippen molar-refractivity contribution in [2.45, 2.75) is 33.7 Å². The Labute approximate surface area is 105 Å². The molecule has 5 heteroatoms. The lowest BCUT2D eigenvalue weighted by Gasteiger charge is -2.17. The Morgan fingerprint density at radius 1 is 1.47 bits per heavy atom. The fourth-order valence-corrected chi connectivity index (χ4v) is 2.35. The van der Waals surface area contributed by atoms with Crippen molar-refractivity contribution in [1.82, 2.24) is 0 Å². The molecule has 0 fully saturated rings. The molecule has 3 N–H and O–H groups in total. The number of nitrogen functional groups attached to an aromatic ring is 1. The molecule has 0 aromatic carbocycles. The van der Waals surface area contributed by atoms with Gasteiger partial charge < -0.3 is 11.1 Å². The molecule has 17 heavy (non-hydrogen) atoms. The van der Waals surface area contributed by atoms with E-state index in [1.165, 1.54) is 18.3 Å². The molecule has 0 radical (unpaired) electrons. The van der Waals surface area contributed by atoms with Crippen LogP contribution in [0.2, 0.25) is 0 Å². The van der Waals surface area contributed by atoms with Gasteiger partial charge in [-0.15, -0.1) is 11.3 Å². The Kier molecular flexibility index (Phi) is 4.13. The average Bonchev–Trinajstić information content (AvgIpc) is 2.54. The minimum absolute atomic E-state index is 0.103. The number of Topliss-reactive ketones (excluding diaryl/α,β-unsaturated/α-hetero) is 1. The molecule has 1 unspecified atom stereocenters. The SMILES string of the molecule is CC(=O)c1sc(NC(C)C(C)C)c(C#N)c1N. The van der Waals surface area contributed by atoms with Crippen LogP contribution in [0.3, 0.4) is 0 Å². The van der Waals surface area contributed by atoms with Crippen LogP contribution in [0.4, 0.5) is 10.7 Å². The summed E-state index contributed by atoms with van der Waals surface area (Å²) in [5.74, 6) is 0.333. The minimum Gasteiger partial charge on any atom is -0.396 e. The van der Waals surface area contributed by atoms with Crippen LogP contribution in [0.15, 0.2) is 0 Å². The lowest BCUT2D eigenvalue weighted by molar-refractivity contribution is 0.102. The van der Waals surface area contributed by atoms with Crippen LogP contribution < -0.4 is 11.1 Å². The highest BCUT2D eigenvalue weighted by molar-refractivity contribution is 7.19. The van der Waals surface area contributed by atoms with E-state index in [-0.39, 0.29) is 11.8 Å². The number of carbonyl (C=O) groups is 1. The van der Waals surface area contributed by atoms with Crippen LogP contribution in [-0.4, -0.2) is 11.8 Å². The summed E-state index contributed by atoms with van der Waals surface area (Å²) in [6, 6.07) is 2.28. The van der Waals surface area contributed by atoms with Gasteiger partial charge in [0, 0.05) is 13.0 Å². The van der Waals surface area contributed by atoms with E-state index in [2.05, 4.69) is 25.2 Å². The van der Waals surface area contributed by atoms with Gasteiger partial charge in [0.15, 0.2) is 5.78 Å². The van der Waals surface area contributed by atoms with E-state index < -0.39 is 0 Å². The molecule has 0 bridgehead atoms. The summed E-state index contributed by atoms with van der Waals surface area (Å²) in [5.41, 5.74) is 6.47. The number of nitrogens with zero attached hydrogens (tertiary/aromatic N) is 1. The second kappa shape index (κ2) is 5.19. The first-order valence-electron chi connectivity index (χ1n) is 5.48. The fourth-order valence-electron chi connectivity index (χ4n) is 1.29. The number of nitrogens with two attached hydrogens (primary N) is 1. The van der Waals surface area contributed by atoms with E-state index in [0.29, 0.717) is 27.0 Å². The molecular formula is C12H17N3OS. The van der Waals surface area contributed by atoms with E-state index in [1.54, 1.807) is 0 Å². The molecule has 0 saturated heterocycles.